The molecule has 9 heteroatoms. The topological polar surface area (TPSA) is 90.7 Å². The third kappa shape index (κ3) is 3.18. The molecule has 1 fully saturated rings. The fourth-order valence-electron chi connectivity index (χ4n) is 3.11. The maximum atomic E-state index is 12.4. The maximum absolute atomic E-state index is 12.4. The highest BCUT2D eigenvalue weighted by Gasteiger charge is 2.58. The standard InChI is InChI=1S/C18H16N2O4S3/c1-2-11(21)12-14(22)20-13(16(23)24)17(26-15(12)20)27-18-19-10(8-25-18)9-6-4-3-5-7-9/h3-8,11-12,15,21H,2H2,1H3,(H,23,24)/t11-,12+,15+/m0/s1. The summed E-state index contributed by atoms with van der Waals surface area (Å²) in [6.45, 7) is 1.81. The minimum Gasteiger partial charge on any atom is -0.477 e. The lowest BCUT2D eigenvalue weighted by Crippen LogP contribution is -2.61. The van der Waals surface area contributed by atoms with E-state index in [-0.39, 0.29) is 17.0 Å². The maximum Gasteiger partial charge on any atom is 0.354 e. The van der Waals surface area contributed by atoms with E-state index in [2.05, 4.69) is 4.98 Å². The smallest absolute Gasteiger partial charge is 0.354 e. The average Bonchev–Trinajstić information content (AvgIpc) is 3.25. The number of carbonyl (C=O) groups excluding carboxylic acids is 1. The molecule has 27 heavy (non-hydrogen) atoms. The first-order chi connectivity index (χ1) is 13.0. The molecule has 0 aliphatic carbocycles. The summed E-state index contributed by atoms with van der Waals surface area (Å²) in [6.07, 6.45) is -0.297. The zero-order valence-electron chi connectivity index (χ0n) is 14.2. The first-order valence-corrected chi connectivity index (χ1v) is 10.9. The van der Waals surface area contributed by atoms with Gasteiger partial charge in [0.2, 0.25) is 5.91 Å². The van der Waals surface area contributed by atoms with Crippen molar-refractivity contribution in [3.05, 3.63) is 45.6 Å². The van der Waals surface area contributed by atoms with Crippen molar-refractivity contribution >= 4 is 46.7 Å². The number of thiazole rings is 1. The number of carbonyl (C=O) groups is 2. The molecule has 0 spiro atoms. The molecule has 0 radical (unpaired) electrons. The van der Waals surface area contributed by atoms with Gasteiger partial charge in [-0.15, -0.1) is 11.3 Å². The van der Waals surface area contributed by atoms with Crippen LogP contribution in [-0.4, -0.2) is 43.5 Å². The molecule has 0 unspecified atom stereocenters. The summed E-state index contributed by atoms with van der Waals surface area (Å²) in [5, 5.41) is 21.3. The van der Waals surface area contributed by atoms with Crippen molar-refractivity contribution in [1.82, 2.24) is 9.88 Å². The van der Waals surface area contributed by atoms with E-state index in [0.29, 0.717) is 10.7 Å². The van der Waals surface area contributed by atoms with Crippen LogP contribution < -0.4 is 0 Å². The molecule has 1 aromatic carbocycles. The molecule has 140 valence electrons. The van der Waals surface area contributed by atoms with Crippen LogP contribution in [0.5, 0.6) is 0 Å². The molecule has 2 aliphatic rings. The fraction of sp³-hybridized carbons (Fsp3) is 0.278. The van der Waals surface area contributed by atoms with Gasteiger partial charge in [0.1, 0.15) is 5.37 Å². The first kappa shape index (κ1) is 18.5. The van der Waals surface area contributed by atoms with E-state index < -0.39 is 18.0 Å². The van der Waals surface area contributed by atoms with Crippen LogP contribution >= 0.6 is 34.9 Å². The summed E-state index contributed by atoms with van der Waals surface area (Å²) >= 11 is 4.03. The Hall–Kier alpha value is -1.81. The van der Waals surface area contributed by atoms with Crippen LogP contribution in [0.25, 0.3) is 11.3 Å². The minimum atomic E-state index is -1.13. The molecule has 2 aromatic rings. The summed E-state index contributed by atoms with van der Waals surface area (Å²) in [5.41, 5.74) is 1.83. The third-order valence-electron chi connectivity index (χ3n) is 4.51. The van der Waals surface area contributed by atoms with Gasteiger partial charge in [-0.2, -0.15) is 0 Å². The number of aliphatic carboxylic acids is 1. The number of β-lactam (4-membered cyclic amide) rings is 1. The molecule has 1 aromatic heterocycles. The van der Waals surface area contributed by atoms with Crippen LogP contribution in [0.1, 0.15) is 13.3 Å². The van der Waals surface area contributed by atoms with Gasteiger partial charge in [0.15, 0.2) is 10.0 Å². The number of fused-ring (bicyclic) bond motifs is 1. The van der Waals surface area contributed by atoms with Gasteiger partial charge < -0.3 is 10.2 Å². The summed E-state index contributed by atoms with van der Waals surface area (Å²) in [5.74, 6) is -2.01. The zero-order chi connectivity index (χ0) is 19.1. The number of aliphatic hydroxyl groups excluding tert-OH is 1. The number of carboxylic acid groups (broad SMARTS) is 1. The lowest BCUT2D eigenvalue weighted by atomic mass is 9.90. The molecule has 6 nitrogen and oxygen atoms in total. The van der Waals surface area contributed by atoms with E-state index in [1.807, 2.05) is 42.6 Å². The number of aliphatic hydroxyl groups is 1. The molecule has 2 aliphatic heterocycles. The van der Waals surface area contributed by atoms with Crippen molar-refractivity contribution in [1.29, 1.82) is 0 Å². The molecular formula is C18H16N2O4S3. The zero-order valence-corrected chi connectivity index (χ0v) is 16.7. The normalized spacial score (nSPS) is 22.6. The van der Waals surface area contributed by atoms with Gasteiger partial charge in [0.05, 0.1) is 22.0 Å². The molecule has 2 N–H and O–H groups in total. The third-order valence-corrected chi connectivity index (χ3v) is 8.02. The van der Waals surface area contributed by atoms with E-state index in [9.17, 15) is 19.8 Å². The molecule has 4 rings (SSSR count). The lowest BCUT2D eigenvalue weighted by Gasteiger charge is -2.44. The Balaban J connectivity index is 1.58. The Morgan fingerprint density at radius 3 is 2.78 bits per heavy atom. The Labute approximate surface area is 168 Å². The fourth-order valence-corrected chi connectivity index (χ4v) is 6.99. The van der Waals surface area contributed by atoms with Gasteiger partial charge in [0.25, 0.3) is 0 Å². The Morgan fingerprint density at radius 2 is 2.11 bits per heavy atom. The number of benzene rings is 1. The number of amides is 1. The van der Waals surface area contributed by atoms with Crippen molar-refractivity contribution in [2.75, 3.05) is 0 Å². The van der Waals surface area contributed by atoms with E-state index >= 15 is 0 Å². The second-order valence-electron chi connectivity index (χ2n) is 6.13. The van der Waals surface area contributed by atoms with Crippen LogP contribution in [-0.2, 0) is 9.59 Å². The van der Waals surface area contributed by atoms with Crippen LogP contribution in [0.4, 0.5) is 0 Å². The van der Waals surface area contributed by atoms with Gasteiger partial charge in [-0.05, 0) is 18.2 Å². The van der Waals surface area contributed by atoms with Crippen LogP contribution in [0.15, 0.2) is 50.0 Å². The molecule has 3 atom stereocenters. The van der Waals surface area contributed by atoms with Gasteiger partial charge in [0, 0.05) is 10.9 Å². The van der Waals surface area contributed by atoms with E-state index in [1.165, 1.54) is 39.8 Å². The molecule has 3 heterocycles. The van der Waals surface area contributed by atoms with Crippen LogP contribution in [0, 0.1) is 5.92 Å². The number of nitrogens with zero attached hydrogens (tertiary/aromatic N) is 2. The van der Waals surface area contributed by atoms with Crippen molar-refractivity contribution in [2.45, 2.75) is 29.2 Å². The second kappa shape index (κ2) is 7.31. The van der Waals surface area contributed by atoms with Crippen molar-refractivity contribution in [2.24, 2.45) is 5.92 Å². The Bertz CT molecular complexity index is 928. The predicted molar refractivity (Wildman–Crippen MR) is 106 cm³/mol. The van der Waals surface area contributed by atoms with E-state index in [1.54, 1.807) is 0 Å². The number of thioether (sulfide) groups is 2. The van der Waals surface area contributed by atoms with Crippen molar-refractivity contribution < 1.29 is 19.8 Å². The SMILES string of the molecule is CC[C@H](O)[C@@H]1C(=O)N2C(C(=O)O)=C(Sc3nc(-c4ccccc4)cs3)S[C@H]12. The number of carboxylic acids is 1. The van der Waals surface area contributed by atoms with Gasteiger partial charge in [-0.25, -0.2) is 9.78 Å². The second-order valence-corrected chi connectivity index (χ2v) is 9.63. The summed E-state index contributed by atoms with van der Waals surface area (Å²) in [4.78, 5) is 30.0. The predicted octanol–water partition coefficient (Wildman–Crippen LogP) is 3.46. The van der Waals surface area contributed by atoms with Gasteiger partial charge in [-0.1, -0.05) is 49.0 Å². The molecule has 0 bridgehead atoms. The van der Waals surface area contributed by atoms with Crippen molar-refractivity contribution in [3.8, 4) is 11.3 Å². The van der Waals surface area contributed by atoms with E-state index in [0.717, 1.165) is 15.6 Å². The number of hydrogen-bond acceptors (Lipinski definition) is 7. The van der Waals surface area contributed by atoms with Gasteiger partial charge >= 0.3 is 5.97 Å². The Kier molecular flexibility index (Phi) is 5.02. The number of aromatic nitrogens is 1. The largest absolute Gasteiger partial charge is 0.477 e. The van der Waals surface area contributed by atoms with Gasteiger partial charge in [-0.3, -0.25) is 9.69 Å². The number of rotatable bonds is 6. The van der Waals surface area contributed by atoms with Crippen LogP contribution in [0.3, 0.4) is 0 Å². The number of hydrogen-bond donors (Lipinski definition) is 2. The summed E-state index contributed by atoms with van der Waals surface area (Å²) < 4.78 is 1.26. The summed E-state index contributed by atoms with van der Waals surface area (Å²) in [7, 11) is 0. The highest BCUT2D eigenvalue weighted by atomic mass is 32.2. The average molecular weight is 421 g/mol. The molecule has 1 saturated heterocycles. The highest BCUT2D eigenvalue weighted by Crippen LogP contribution is 2.55. The quantitative estimate of drug-likeness (QED) is 0.692. The Morgan fingerprint density at radius 1 is 1.37 bits per heavy atom. The summed E-state index contributed by atoms with van der Waals surface area (Å²) in [6, 6.07) is 9.76. The first-order valence-electron chi connectivity index (χ1n) is 8.35. The molecular weight excluding hydrogens is 404 g/mol. The molecule has 1 amide bonds. The molecule has 0 saturated carbocycles. The van der Waals surface area contributed by atoms with Crippen LogP contribution in [0.2, 0.25) is 0 Å². The minimum absolute atomic E-state index is 0.00369. The highest BCUT2D eigenvalue weighted by molar-refractivity contribution is 8.23. The van der Waals surface area contributed by atoms with E-state index in [4.69, 9.17) is 0 Å². The lowest BCUT2D eigenvalue weighted by molar-refractivity contribution is -0.157. The van der Waals surface area contributed by atoms with Crippen molar-refractivity contribution in [3.63, 3.8) is 0 Å². The monoisotopic (exact) mass is 420 g/mol.